The number of fused-ring (bicyclic) bond motifs is 1. The highest BCUT2D eigenvalue weighted by Gasteiger charge is 2.18. The second kappa shape index (κ2) is 5.86. The van der Waals surface area contributed by atoms with Crippen LogP contribution in [0.5, 0.6) is 0 Å². The van der Waals surface area contributed by atoms with E-state index in [-0.39, 0.29) is 6.10 Å². The molecule has 1 atom stereocenters. The van der Waals surface area contributed by atoms with Crippen LogP contribution in [0.2, 0.25) is 0 Å². The fraction of sp³-hybridized carbons (Fsp3) is 0.538. The predicted octanol–water partition coefficient (Wildman–Crippen LogP) is 1.63. The molecule has 0 saturated carbocycles. The minimum atomic E-state index is 0.0772. The lowest BCUT2D eigenvalue weighted by Gasteiger charge is -2.24. The van der Waals surface area contributed by atoms with E-state index in [1.54, 1.807) is 12.4 Å². The van der Waals surface area contributed by atoms with Gasteiger partial charge in [-0.2, -0.15) is 0 Å². The molecule has 2 aromatic rings. The summed E-state index contributed by atoms with van der Waals surface area (Å²) in [6.45, 7) is 2.71. The molecular weight excluding hydrogens is 266 g/mol. The van der Waals surface area contributed by atoms with Crippen LogP contribution >= 0.6 is 11.6 Å². The van der Waals surface area contributed by atoms with E-state index in [0.717, 1.165) is 29.8 Å². The maximum atomic E-state index is 5.85. The van der Waals surface area contributed by atoms with Crippen LogP contribution in [0.3, 0.4) is 0 Å². The number of alkyl halides is 1. The molecule has 1 unspecified atom stereocenters. The highest BCUT2D eigenvalue weighted by atomic mass is 35.5. The molecule has 3 rings (SSSR count). The molecule has 102 valence electrons. The first-order valence-electron chi connectivity index (χ1n) is 6.43. The number of rotatable bonds is 4. The zero-order valence-electron chi connectivity index (χ0n) is 10.6. The number of ether oxygens (including phenoxy) is 2. The molecule has 1 saturated heterocycles. The van der Waals surface area contributed by atoms with Crippen LogP contribution in [-0.4, -0.2) is 46.3 Å². The Kier molecular flexibility index (Phi) is 3.96. The maximum Gasteiger partial charge on any atom is 0.111 e. The van der Waals surface area contributed by atoms with Crippen LogP contribution in [0.1, 0.15) is 5.82 Å². The molecule has 0 bridgehead atoms. The standard InChI is InChI=1S/C13H16ClN3O2/c14-3-1-13-16-11-7-15-4-2-12(11)17(13)8-10-9-18-5-6-19-10/h2,4,7,10H,1,3,5-6,8-9H2. The molecule has 5 nitrogen and oxygen atoms in total. The molecule has 0 N–H and O–H groups in total. The van der Waals surface area contributed by atoms with Gasteiger partial charge >= 0.3 is 0 Å². The van der Waals surface area contributed by atoms with Crippen LogP contribution < -0.4 is 0 Å². The Morgan fingerprint density at radius 1 is 1.42 bits per heavy atom. The summed E-state index contributed by atoms with van der Waals surface area (Å²) in [6.07, 6.45) is 4.38. The van der Waals surface area contributed by atoms with E-state index in [2.05, 4.69) is 14.5 Å². The number of aromatic nitrogens is 3. The third-order valence-electron chi connectivity index (χ3n) is 3.22. The minimum Gasteiger partial charge on any atom is -0.376 e. The molecule has 6 heteroatoms. The Bertz CT molecular complexity index is 552. The molecule has 0 spiro atoms. The van der Waals surface area contributed by atoms with E-state index >= 15 is 0 Å². The SMILES string of the molecule is ClCCc1nc2cnccc2n1CC1COCCO1. The Hall–Kier alpha value is -1.17. The van der Waals surface area contributed by atoms with E-state index in [0.29, 0.717) is 25.7 Å². The molecule has 0 radical (unpaired) electrons. The first-order valence-corrected chi connectivity index (χ1v) is 6.96. The average Bonchev–Trinajstić information content (AvgIpc) is 2.79. The molecule has 1 aliphatic rings. The lowest BCUT2D eigenvalue weighted by molar-refractivity contribution is -0.0934. The fourth-order valence-electron chi connectivity index (χ4n) is 2.36. The smallest absolute Gasteiger partial charge is 0.111 e. The molecule has 1 aliphatic heterocycles. The monoisotopic (exact) mass is 281 g/mol. The van der Waals surface area contributed by atoms with E-state index in [1.807, 2.05) is 6.07 Å². The summed E-state index contributed by atoms with van der Waals surface area (Å²) in [5.41, 5.74) is 1.98. The van der Waals surface area contributed by atoms with Gasteiger partial charge in [-0.3, -0.25) is 4.98 Å². The van der Waals surface area contributed by atoms with Gasteiger partial charge < -0.3 is 14.0 Å². The fourth-order valence-corrected chi connectivity index (χ4v) is 2.53. The van der Waals surface area contributed by atoms with Crippen LogP contribution in [0, 0.1) is 0 Å². The Balaban J connectivity index is 1.92. The van der Waals surface area contributed by atoms with Gasteiger partial charge in [-0.25, -0.2) is 4.98 Å². The summed E-state index contributed by atoms with van der Waals surface area (Å²) in [6, 6.07) is 1.98. The quantitative estimate of drug-likeness (QED) is 0.799. The summed E-state index contributed by atoms with van der Waals surface area (Å²) < 4.78 is 13.3. The van der Waals surface area contributed by atoms with Crippen molar-refractivity contribution < 1.29 is 9.47 Å². The van der Waals surface area contributed by atoms with Gasteiger partial charge in [-0.05, 0) is 6.07 Å². The van der Waals surface area contributed by atoms with Crippen LogP contribution in [-0.2, 0) is 22.4 Å². The third kappa shape index (κ3) is 2.73. The molecule has 1 fully saturated rings. The maximum absolute atomic E-state index is 5.85. The molecule has 0 aromatic carbocycles. The molecular formula is C13H16ClN3O2. The molecule has 3 heterocycles. The number of imidazole rings is 1. The minimum absolute atomic E-state index is 0.0772. The van der Waals surface area contributed by atoms with E-state index in [1.165, 1.54) is 0 Å². The van der Waals surface area contributed by atoms with Gasteiger partial charge in [-0.15, -0.1) is 11.6 Å². The predicted molar refractivity (Wildman–Crippen MR) is 72.5 cm³/mol. The lowest BCUT2D eigenvalue weighted by Crippen LogP contribution is -2.32. The number of hydrogen-bond donors (Lipinski definition) is 0. The first kappa shape index (κ1) is 12.8. The number of aryl methyl sites for hydroxylation is 1. The van der Waals surface area contributed by atoms with Crippen molar-refractivity contribution >= 4 is 22.6 Å². The topological polar surface area (TPSA) is 49.2 Å². The Labute approximate surface area is 116 Å². The highest BCUT2D eigenvalue weighted by Crippen LogP contribution is 2.17. The van der Waals surface area contributed by atoms with E-state index in [9.17, 15) is 0 Å². The van der Waals surface area contributed by atoms with Crippen molar-refractivity contribution in [2.75, 3.05) is 25.7 Å². The van der Waals surface area contributed by atoms with Crippen LogP contribution in [0.4, 0.5) is 0 Å². The number of hydrogen-bond acceptors (Lipinski definition) is 4. The van der Waals surface area contributed by atoms with Gasteiger partial charge in [0.2, 0.25) is 0 Å². The number of nitrogens with zero attached hydrogens (tertiary/aromatic N) is 3. The molecule has 19 heavy (non-hydrogen) atoms. The summed E-state index contributed by atoms with van der Waals surface area (Å²) >= 11 is 5.85. The summed E-state index contributed by atoms with van der Waals surface area (Å²) in [5.74, 6) is 1.53. The van der Waals surface area contributed by atoms with Crippen molar-refractivity contribution in [3.63, 3.8) is 0 Å². The normalized spacial score (nSPS) is 19.9. The largest absolute Gasteiger partial charge is 0.376 e. The van der Waals surface area contributed by atoms with Crippen molar-refractivity contribution in [3.8, 4) is 0 Å². The summed E-state index contributed by atoms with van der Waals surface area (Å²) in [4.78, 5) is 8.70. The number of pyridine rings is 1. The third-order valence-corrected chi connectivity index (χ3v) is 3.41. The second-order valence-corrected chi connectivity index (χ2v) is 4.89. The van der Waals surface area contributed by atoms with Crippen molar-refractivity contribution in [3.05, 3.63) is 24.3 Å². The van der Waals surface area contributed by atoms with E-state index < -0.39 is 0 Å². The summed E-state index contributed by atoms with van der Waals surface area (Å²) in [5, 5.41) is 0. The van der Waals surface area contributed by atoms with Gasteiger partial charge in [0.05, 0.1) is 44.2 Å². The Morgan fingerprint density at radius 2 is 2.37 bits per heavy atom. The first-order chi connectivity index (χ1) is 9.38. The van der Waals surface area contributed by atoms with E-state index in [4.69, 9.17) is 21.1 Å². The van der Waals surface area contributed by atoms with Gasteiger partial charge in [0.1, 0.15) is 11.3 Å². The number of halogens is 1. The molecule has 0 aliphatic carbocycles. The van der Waals surface area contributed by atoms with Gasteiger partial charge in [0, 0.05) is 18.5 Å². The zero-order valence-corrected chi connectivity index (χ0v) is 11.3. The van der Waals surface area contributed by atoms with Gasteiger partial charge in [0.25, 0.3) is 0 Å². The molecule has 0 amide bonds. The molecule has 2 aromatic heterocycles. The average molecular weight is 282 g/mol. The second-order valence-electron chi connectivity index (χ2n) is 4.51. The highest BCUT2D eigenvalue weighted by molar-refractivity contribution is 6.17. The van der Waals surface area contributed by atoms with Gasteiger partial charge in [-0.1, -0.05) is 0 Å². The zero-order chi connectivity index (χ0) is 13.1. The van der Waals surface area contributed by atoms with Crippen molar-refractivity contribution in [2.45, 2.75) is 19.1 Å². The summed E-state index contributed by atoms with van der Waals surface area (Å²) in [7, 11) is 0. The van der Waals surface area contributed by atoms with Crippen molar-refractivity contribution in [1.82, 2.24) is 14.5 Å². The van der Waals surface area contributed by atoms with Crippen molar-refractivity contribution in [2.24, 2.45) is 0 Å². The van der Waals surface area contributed by atoms with Crippen LogP contribution in [0.25, 0.3) is 11.0 Å². The van der Waals surface area contributed by atoms with Gasteiger partial charge in [0.15, 0.2) is 0 Å². The Morgan fingerprint density at radius 3 is 3.16 bits per heavy atom. The van der Waals surface area contributed by atoms with Crippen molar-refractivity contribution in [1.29, 1.82) is 0 Å². The lowest BCUT2D eigenvalue weighted by atomic mass is 10.3. The van der Waals surface area contributed by atoms with Crippen LogP contribution in [0.15, 0.2) is 18.5 Å².